The minimum absolute atomic E-state index is 0.0919. The van der Waals surface area contributed by atoms with Crippen LogP contribution in [0.3, 0.4) is 0 Å². The number of rotatable bonds is 5. The van der Waals surface area contributed by atoms with Crippen LogP contribution in [0.25, 0.3) is 0 Å². The highest BCUT2D eigenvalue weighted by atomic mass is 35.5. The van der Waals surface area contributed by atoms with Crippen molar-refractivity contribution in [2.75, 3.05) is 6.54 Å². The molecule has 0 unspecified atom stereocenters. The number of benzene rings is 2. The predicted octanol–water partition coefficient (Wildman–Crippen LogP) is 3.90. The van der Waals surface area contributed by atoms with Crippen molar-refractivity contribution in [3.63, 3.8) is 0 Å². The van der Waals surface area contributed by atoms with E-state index < -0.39 is 0 Å². The molecule has 0 aliphatic carbocycles. The molecular weight excluding hydrogens is 284 g/mol. The first-order valence-corrected chi connectivity index (χ1v) is 7.04. The highest BCUT2D eigenvalue weighted by molar-refractivity contribution is 6.30. The van der Waals surface area contributed by atoms with E-state index in [1.807, 2.05) is 30.3 Å². The molecule has 0 fully saturated rings. The quantitative estimate of drug-likeness (QED) is 0.840. The third kappa shape index (κ3) is 4.34. The van der Waals surface area contributed by atoms with Crippen molar-refractivity contribution in [2.24, 2.45) is 0 Å². The summed E-state index contributed by atoms with van der Waals surface area (Å²) in [6, 6.07) is 18.6. The molecule has 2 aromatic carbocycles. The number of hydrogen-bond acceptors (Lipinski definition) is 2. The lowest BCUT2D eigenvalue weighted by Gasteiger charge is -2.22. The first-order chi connectivity index (χ1) is 10.2. The van der Waals surface area contributed by atoms with Crippen LogP contribution in [0.4, 0.5) is 0 Å². The second kappa shape index (κ2) is 7.47. The highest BCUT2D eigenvalue weighted by Crippen LogP contribution is 2.14. The van der Waals surface area contributed by atoms with Gasteiger partial charge < -0.3 is 4.90 Å². The summed E-state index contributed by atoms with van der Waals surface area (Å²) in [5.74, 6) is -0.0919. The Morgan fingerprint density at radius 1 is 1.10 bits per heavy atom. The van der Waals surface area contributed by atoms with Gasteiger partial charge in [0, 0.05) is 23.7 Å². The van der Waals surface area contributed by atoms with E-state index in [2.05, 4.69) is 6.07 Å². The molecule has 3 nitrogen and oxygen atoms in total. The van der Waals surface area contributed by atoms with E-state index in [-0.39, 0.29) is 5.91 Å². The topological polar surface area (TPSA) is 44.1 Å². The van der Waals surface area contributed by atoms with E-state index in [9.17, 15) is 4.79 Å². The zero-order valence-corrected chi connectivity index (χ0v) is 12.3. The maximum Gasteiger partial charge on any atom is 0.254 e. The summed E-state index contributed by atoms with van der Waals surface area (Å²) in [6.45, 7) is 0.900. The van der Waals surface area contributed by atoms with E-state index >= 15 is 0 Å². The lowest BCUT2D eigenvalue weighted by molar-refractivity contribution is 0.0747. The van der Waals surface area contributed by atoms with Crippen LogP contribution in [0.15, 0.2) is 54.6 Å². The lowest BCUT2D eigenvalue weighted by atomic mass is 10.1. The molecule has 0 N–H and O–H groups in total. The number of amides is 1. The van der Waals surface area contributed by atoms with E-state index in [1.54, 1.807) is 29.2 Å². The van der Waals surface area contributed by atoms with Crippen molar-refractivity contribution in [3.05, 3.63) is 70.7 Å². The van der Waals surface area contributed by atoms with Crippen molar-refractivity contribution >= 4 is 17.5 Å². The minimum atomic E-state index is -0.0919. The van der Waals surface area contributed by atoms with Crippen LogP contribution in [-0.2, 0) is 6.54 Å². The van der Waals surface area contributed by atoms with Crippen molar-refractivity contribution in [2.45, 2.75) is 13.0 Å². The van der Waals surface area contributed by atoms with Gasteiger partial charge in [0.15, 0.2) is 0 Å². The molecule has 21 heavy (non-hydrogen) atoms. The van der Waals surface area contributed by atoms with Gasteiger partial charge in [0.2, 0.25) is 0 Å². The molecule has 0 atom stereocenters. The van der Waals surface area contributed by atoms with E-state index in [1.165, 1.54) is 0 Å². The van der Waals surface area contributed by atoms with E-state index in [4.69, 9.17) is 16.9 Å². The standard InChI is InChI=1S/C17H15ClN2O/c18-16-9-7-15(8-10-16)17(21)20(12-4-11-19)13-14-5-2-1-3-6-14/h1-3,5-10H,4,12-13H2. The molecule has 0 spiro atoms. The molecule has 2 aromatic rings. The fraction of sp³-hybridized carbons (Fsp3) is 0.176. The van der Waals surface area contributed by atoms with Gasteiger partial charge in [0.05, 0.1) is 12.5 Å². The maximum absolute atomic E-state index is 12.5. The molecule has 0 aliphatic heterocycles. The smallest absolute Gasteiger partial charge is 0.254 e. The van der Waals surface area contributed by atoms with E-state index in [0.717, 1.165) is 5.56 Å². The van der Waals surface area contributed by atoms with Crippen molar-refractivity contribution < 1.29 is 4.79 Å². The van der Waals surface area contributed by atoms with Gasteiger partial charge in [-0.2, -0.15) is 5.26 Å². The van der Waals surface area contributed by atoms with Crippen LogP contribution in [0, 0.1) is 11.3 Å². The molecule has 106 valence electrons. The Balaban J connectivity index is 2.17. The Bertz CT molecular complexity index is 632. The Kier molecular flexibility index (Phi) is 5.36. The SMILES string of the molecule is N#CCCN(Cc1ccccc1)C(=O)c1ccc(Cl)cc1. The summed E-state index contributed by atoms with van der Waals surface area (Å²) < 4.78 is 0. The van der Waals surface area contributed by atoms with Gasteiger partial charge in [-0.25, -0.2) is 0 Å². The van der Waals surface area contributed by atoms with Crippen LogP contribution < -0.4 is 0 Å². The van der Waals surface area contributed by atoms with Crippen LogP contribution in [0.2, 0.25) is 5.02 Å². The molecular formula is C17H15ClN2O. The van der Waals surface area contributed by atoms with Gasteiger partial charge in [0.1, 0.15) is 0 Å². The zero-order chi connectivity index (χ0) is 15.1. The van der Waals surface area contributed by atoms with Gasteiger partial charge in [-0.1, -0.05) is 41.9 Å². The Morgan fingerprint density at radius 2 is 1.76 bits per heavy atom. The Morgan fingerprint density at radius 3 is 2.38 bits per heavy atom. The molecule has 0 bridgehead atoms. The van der Waals surface area contributed by atoms with Gasteiger partial charge in [-0.15, -0.1) is 0 Å². The number of carbonyl (C=O) groups is 1. The number of nitriles is 1. The number of halogens is 1. The molecule has 0 aliphatic rings. The molecule has 0 aromatic heterocycles. The third-order valence-corrected chi connectivity index (χ3v) is 3.34. The molecule has 2 rings (SSSR count). The van der Waals surface area contributed by atoms with Gasteiger partial charge in [-0.05, 0) is 29.8 Å². The molecule has 1 amide bonds. The van der Waals surface area contributed by atoms with Crippen LogP contribution >= 0.6 is 11.6 Å². The highest BCUT2D eigenvalue weighted by Gasteiger charge is 2.15. The van der Waals surface area contributed by atoms with Gasteiger partial charge in [-0.3, -0.25) is 4.79 Å². The second-order valence-corrected chi connectivity index (χ2v) is 5.06. The maximum atomic E-state index is 12.5. The van der Waals surface area contributed by atoms with Gasteiger partial charge in [0.25, 0.3) is 5.91 Å². The monoisotopic (exact) mass is 298 g/mol. The normalized spacial score (nSPS) is 9.90. The molecule has 4 heteroatoms. The summed E-state index contributed by atoms with van der Waals surface area (Å²) in [4.78, 5) is 14.2. The molecule has 0 saturated carbocycles. The summed E-state index contributed by atoms with van der Waals surface area (Å²) in [5, 5.41) is 9.36. The average Bonchev–Trinajstić information content (AvgIpc) is 2.52. The van der Waals surface area contributed by atoms with E-state index in [0.29, 0.717) is 30.1 Å². The van der Waals surface area contributed by atoms with Crippen molar-refractivity contribution in [1.29, 1.82) is 5.26 Å². The fourth-order valence-corrected chi connectivity index (χ4v) is 2.14. The fourth-order valence-electron chi connectivity index (χ4n) is 2.02. The Labute approximate surface area is 129 Å². The molecule has 0 saturated heterocycles. The average molecular weight is 299 g/mol. The number of carbonyl (C=O) groups excluding carboxylic acids is 1. The van der Waals surface area contributed by atoms with Crippen LogP contribution in [0.5, 0.6) is 0 Å². The third-order valence-electron chi connectivity index (χ3n) is 3.09. The predicted molar refractivity (Wildman–Crippen MR) is 82.9 cm³/mol. The lowest BCUT2D eigenvalue weighted by Crippen LogP contribution is -2.31. The van der Waals surface area contributed by atoms with Crippen LogP contribution in [0.1, 0.15) is 22.3 Å². The summed E-state index contributed by atoms with van der Waals surface area (Å²) in [6.07, 6.45) is 0.312. The summed E-state index contributed by atoms with van der Waals surface area (Å²) in [5.41, 5.74) is 1.62. The minimum Gasteiger partial charge on any atom is -0.333 e. The van der Waals surface area contributed by atoms with Crippen LogP contribution in [-0.4, -0.2) is 17.4 Å². The second-order valence-electron chi connectivity index (χ2n) is 4.63. The zero-order valence-electron chi connectivity index (χ0n) is 11.5. The number of hydrogen-bond donors (Lipinski definition) is 0. The summed E-state index contributed by atoms with van der Waals surface area (Å²) >= 11 is 5.84. The van der Waals surface area contributed by atoms with Crippen molar-refractivity contribution in [1.82, 2.24) is 4.90 Å². The number of nitrogens with zero attached hydrogens (tertiary/aromatic N) is 2. The first-order valence-electron chi connectivity index (χ1n) is 6.66. The molecule has 0 radical (unpaired) electrons. The Hall–Kier alpha value is -2.31. The largest absolute Gasteiger partial charge is 0.333 e. The first kappa shape index (κ1) is 15.1. The summed E-state index contributed by atoms with van der Waals surface area (Å²) in [7, 11) is 0. The van der Waals surface area contributed by atoms with Crippen molar-refractivity contribution in [3.8, 4) is 6.07 Å². The van der Waals surface area contributed by atoms with Gasteiger partial charge >= 0.3 is 0 Å². The molecule has 0 heterocycles.